The molecule has 1 aliphatic rings. The van der Waals surface area contributed by atoms with E-state index in [0.717, 1.165) is 6.42 Å². The van der Waals surface area contributed by atoms with Crippen LogP contribution in [0.4, 0.5) is 0 Å². The van der Waals surface area contributed by atoms with Crippen LogP contribution in [0, 0.1) is 27.7 Å². The first-order chi connectivity index (χ1) is 14.3. The first kappa shape index (κ1) is 30.0. The van der Waals surface area contributed by atoms with Gasteiger partial charge in [-0.25, -0.2) is 0 Å². The van der Waals surface area contributed by atoms with Crippen LogP contribution in [0.25, 0.3) is 5.57 Å². The van der Waals surface area contributed by atoms with Crippen LogP contribution in [0.2, 0.25) is 6.55 Å². The second kappa shape index (κ2) is 12.1. The third kappa shape index (κ3) is 5.96. The Morgan fingerprint density at radius 3 is 1.52 bits per heavy atom. The maximum absolute atomic E-state index is 2.57. The zero-order valence-corrected chi connectivity index (χ0v) is 24.6. The summed E-state index contributed by atoms with van der Waals surface area (Å²) >= 11 is 2.35. The van der Waals surface area contributed by atoms with E-state index in [1.807, 2.05) is 0 Å². The number of hydrogen-bond acceptors (Lipinski definition) is 0. The minimum Gasteiger partial charge on any atom is -1.00 e. The van der Waals surface area contributed by atoms with E-state index in [0.29, 0.717) is 0 Å². The predicted molar refractivity (Wildman–Crippen MR) is 129 cm³/mol. The Labute approximate surface area is 230 Å². The van der Waals surface area contributed by atoms with Gasteiger partial charge in [-0.2, -0.15) is 0 Å². The molecule has 0 unspecified atom stereocenters. The van der Waals surface area contributed by atoms with Crippen LogP contribution in [0.5, 0.6) is 0 Å². The first-order valence-corrected chi connectivity index (χ1v) is 14.0. The van der Waals surface area contributed by atoms with E-state index >= 15 is 0 Å². The molecule has 0 heterocycles. The van der Waals surface area contributed by atoms with Crippen LogP contribution in [0.1, 0.15) is 34.2 Å². The third-order valence-electron chi connectivity index (χ3n) is 6.26. The van der Waals surface area contributed by atoms with Crippen molar-refractivity contribution >= 4 is 24.0 Å². The van der Waals surface area contributed by atoms with Gasteiger partial charge in [0.1, 0.15) is 0 Å². The Morgan fingerprint density at radius 1 is 0.667 bits per heavy atom. The average molecular weight is 548 g/mol. The van der Waals surface area contributed by atoms with Crippen LogP contribution >= 0.6 is 0 Å². The molecule has 0 spiro atoms. The maximum atomic E-state index is 2.57. The van der Waals surface area contributed by atoms with Crippen molar-refractivity contribution in [3.8, 4) is 0 Å². The molecule has 0 N–H and O–H groups in total. The van der Waals surface area contributed by atoms with E-state index in [-0.39, 0.29) is 37.2 Å². The zero-order valence-electron chi connectivity index (χ0n) is 19.8. The molecule has 4 rings (SSSR count). The molecule has 0 nitrogen and oxygen atoms in total. The SMILES string of the molecule is Cc1cc(C)cc([Si](C)(C2=[C]([Ti+3])CC=C2c2ccccc2)c2cc(C)cc(C)c2)c1.[Cl-].[Cl-].[Cl-]. The molecule has 3 aromatic carbocycles. The Morgan fingerprint density at radius 2 is 1.09 bits per heavy atom. The quantitative estimate of drug-likeness (QED) is 0.305. The standard InChI is InChI=1S/C28H29Si.3ClH.Ti/c1-20-14-21(2)17-25(16-20)29(5,26-18-22(3)15-23(4)19-26)28-13-9-12-27(28)24-10-7-6-8-11-24;;;;/h6-8,10-12,14-19H,9H2,1-5H3;3*1H;/q;;;;+3/p-3. The molecule has 0 bridgehead atoms. The minimum absolute atomic E-state index is 0. The number of benzene rings is 3. The number of aryl methyl sites for hydroxylation is 4. The second-order valence-corrected chi connectivity index (χ2v) is 13.8. The fourth-order valence-corrected chi connectivity index (χ4v) is 11.0. The van der Waals surface area contributed by atoms with Gasteiger partial charge in [-0.05, 0) is 0 Å². The van der Waals surface area contributed by atoms with Gasteiger partial charge in [0, 0.05) is 0 Å². The predicted octanol–water partition coefficient (Wildman–Crippen LogP) is -3.05. The molecular weight excluding hydrogens is 519 g/mol. The van der Waals surface area contributed by atoms with Gasteiger partial charge in [0.15, 0.2) is 0 Å². The zero-order chi connectivity index (χ0) is 21.5. The average Bonchev–Trinajstić information content (AvgIpc) is 3.08. The third-order valence-corrected chi connectivity index (χ3v) is 11.8. The van der Waals surface area contributed by atoms with Gasteiger partial charge in [-0.15, -0.1) is 0 Å². The molecule has 1 aliphatic carbocycles. The Hall–Kier alpha value is -1.06. The Balaban J connectivity index is 0.00000181. The molecule has 0 saturated carbocycles. The summed E-state index contributed by atoms with van der Waals surface area (Å²) < 4.78 is 1.53. The molecule has 0 radical (unpaired) electrons. The minimum atomic E-state index is -2.19. The largest absolute Gasteiger partial charge is 1.00 e. The van der Waals surface area contributed by atoms with Crippen LogP contribution in [-0.4, -0.2) is 8.07 Å². The van der Waals surface area contributed by atoms with E-state index in [1.54, 1.807) is 5.20 Å². The van der Waals surface area contributed by atoms with Crippen LogP contribution in [0.15, 0.2) is 81.9 Å². The molecular formula is C28H29Cl3SiTi. The van der Waals surface area contributed by atoms with Crippen molar-refractivity contribution in [1.29, 1.82) is 0 Å². The second-order valence-electron chi connectivity index (χ2n) is 8.92. The van der Waals surface area contributed by atoms with E-state index in [4.69, 9.17) is 0 Å². The van der Waals surface area contributed by atoms with Gasteiger partial charge in [0.2, 0.25) is 0 Å². The number of halogens is 3. The van der Waals surface area contributed by atoms with Crippen molar-refractivity contribution in [2.75, 3.05) is 0 Å². The Kier molecular flexibility index (Phi) is 11.0. The van der Waals surface area contributed by atoms with Crippen molar-refractivity contribution in [3.05, 3.63) is 110 Å². The van der Waals surface area contributed by atoms with Crippen LogP contribution in [0.3, 0.4) is 0 Å². The summed E-state index contributed by atoms with van der Waals surface area (Å²) in [5, 5.41) is 4.63. The van der Waals surface area contributed by atoms with Gasteiger partial charge in [0.25, 0.3) is 0 Å². The number of rotatable bonds is 4. The summed E-state index contributed by atoms with van der Waals surface area (Å²) in [7, 11) is -2.19. The van der Waals surface area contributed by atoms with Gasteiger partial charge in [-0.3, -0.25) is 0 Å². The van der Waals surface area contributed by atoms with Crippen molar-refractivity contribution in [1.82, 2.24) is 0 Å². The van der Waals surface area contributed by atoms with Gasteiger partial charge in [0.05, 0.1) is 0 Å². The van der Waals surface area contributed by atoms with Crippen molar-refractivity contribution < 1.29 is 57.7 Å². The van der Waals surface area contributed by atoms with Gasteiger partial charge >= 0.3 is 195 Å². The maximum Gasteiger partial charge on any atom is -1.00 e. The molecule has 0 fully saturated rings. The summed E-state index contributed by atoms with van der Waals surface area (Å²) in [5.41, 5.74) is 8.21. The summed E-state index contributed by atoms with van der Waals surface area (Å²) in [5.74, 6) is 0. The van der Waals surface area contributed by atoms with Crippen molar-refractivity contribution in [3.63, 3.8) is 0 Å². The van der Waals surface area contributed by atoms with Gasteiger partial charge in [-0.1, -0.05) is 0 Å². The molecule has 170 valence electrons. The first-order valence-electron chi connectivity index (χ1n) is 10.7. The summed E-state index contributed by atoms with van der Waals surface area (Å²) in [6.45, 7) is 11.5. The summed E-state index contributed by atoms with van der Waals surface area (Å²) in [4.78, 5) is 0. The molecule has 33 heavy (non-hydrogen) atoms. The van der Waals surface area contributed by atoms with E-state index < -0.39 is 8.07 Å². The van der Waals surface area contributed by atoms with Crippen molar-refractivity contribution in [2.45, 2.75) is 40.7 Å². The van der Waals surface area contributed by atoms with E-state index in [9.17, 15) is 0 Å². The van der Waals surface area contributed by atoms with Crippen molar-refractivity contribution in [2.24, 2.45) is 0 Å². The smallest absolute Gasteiger partial charge is 1.00 e. The number of allylic oxidation sites excluding steroid dienone is 4. The Bertz CT molecular complexity index is 1090. The molecule has 0 aliphatic heterocycles. The van der Waals surface area contributed by atoms with E-state index in [2.05, 4.69) is 127 Å². The van der Waals surface area contributed by atoms with Crippen LogP contribution in [-0.2, 0) is 20.4 Å². The fourth-order valence-electron chi connectivity index (χ4n) is 5.00. The molecule has 0 amide bonds. The molecule has 3 aromatic rings. The molecule has 0 saturated heterocycles. The van der Waals surface area contributed by atoms with E-state index in [1.165, 1.54) is 47.6 Å². The molecule has 0 atom stereocenters. The van der Waals surface area contributed by atoms with Gasteiger partial charge < -0.3 is 37.2 Å². The fraction of sp³-hybridized carbons (Fsp3) is 0.214. The monoisotopic (exact) mass is 546 g/mol. The summed E-state index contributed by atoms with van der Waals surface area (Å²) in [6.07, 6.45) is 3.51. The molecule has 0 aromatic heterocycles. The summed E-state index contributed by atoms with van der Waals surface area (Å²) in [6, 6.07) is 25.3. The topological polar surface area (TPSA) is 0 Å². The normalized spacial score (nSPS) is 13.0. The number of hydrogen-bond donors (Lipinski definition) is 0. The molecule has 5 heteroatoms. The van der Waals surface area contributed by atoms with Crippen LogP contribution < -0.4 is 47.6 Å².